The van der Waals surface area contributed by atoms with Crippen molar-refractivity contribution in [2.45, 2.75) is 19.4 Å². The normalized spacial score (nSPS) is 12.2. The molecule has 3 rings (SSSR count). The highest BCUT2D eigenvalue weighted by atomic mass is 16.5. The summed E-state index contributed by atoms with van der Waals surface area (Å²) in [6.45, 7) is 2.49. The van der Waals surface area contributed by atoms with Crippen molar-refractivity contribution in [3.05, 3.63) is 77.6 Å². The molecule has 6 heteroatoms. The minimum Gasteiger partial charge on any atom is -0.497 e. The number of fused-ring (bicyclic) bond motifs is 1. The first-order valence-electron chi connectivity index (χ1n) is 9.46. The lowest BCUT2D eigenvalue weighted by molar-refractivity contribution is -0.117. The lowest BCUT2D eigenvalue weighted by Crippen LogP contribution is -2.28. The van der Waals surface area contributed by atoms with Crippen LogP contribution in [-0.2, 0) is 11.2 Å². The van der Waals surface area contributed by atoms with E-state index >= 15 is 0 Å². The van der Waals surface area contributed by atoms with Gasteiger partial charge in [0.2, 0.25) is 0 Å². The maximum Gasteiger partial charge on any atom is 0.263 e. The van der Waals surface area contributed by atoms with Gasteiger partial charge in [-0.05, 0) is 42.7 Å². The van der Waals surface area contributed by atoms with Crippen LogP contribution in [0, 0.1) is 11.3 Å². The SMILES string of the molecule is COc1ccc(C(C)NC(=O)/C(C#N)=C\NCCc2c[nH]c3ccccc23)cc1. The summed E-state index contributed by atoms with van der Waals surface area (Å²) in [5, 5.41) is 16.4. The molecule has 0 fully saturated rings. The second-order valence-electron chi connectivity index (χ2n) is 6.70. The molecule has 29 heavy (non-hydrogen) atoms. The molecule has 0 radical (unpaired) electrons. The first-order valence-corrected chi connectivity index (χ1v) is 9.46. The number of ether oxygens (including phenoxy) is 1. The van der Waals surface area contributed by atoms with Crippen LogP contribution < -0.4 is 15.4 Å². The van der Waals surface area contributed by atoms with Crippen LogP contribution in [0.4, 0.5) is 0 Å². The maximum absolute atomic E-state index is 12.4. The molecule has 3 N–H and O–H groups in total. The predicted molar refractivity (Wildman–Crippen MR) is 113 cm³/mol. The molecule has 1 aromatic heterocycles. The van der Waals surface area contributed by atoms with Gasteiger partial charge in [0.05, 0.1) is 13.2 Å². The Bertz CT molecular complexity index is 1040. The third kappa shape index (κ3) is 4.96. The van der Waals surface area contributed by atoms with Gasteiger partial charge >= 0.3 is 0 Å². The van der Waals surface area contributed by atoms with E-state index in [4.69, 9.17) is 4.74 Å². The number of carbonyl (C=O) groups is 1. The Labute approximate surface area is 170 Å². The molecular formula is C23H24N4O2. The molecule has 1 amide bonds. The van der Waals surface area contributed by atoms with Crippen molar-refractivity contribution >= 4 is 16.8 Å². The Hall–Kier alpha value is -3.72. The number of H-pyrrole nitrogens is 1. The summed E-state index contributed by atoms with van der Waals surface area (Å²) < 4.78 is 5.14. The topological polar surface area (TPSA) is 89.9 Å². The smallest absolute Gasteiger partial charge is 0.263 e. The van der Waals surface area contributed by atoms with Crippen molar-refractivity contribution in [3.8, 4) is 11.8 Å². The van der Waals surface area contributed by atoms with E-state index in [1.54, 1.807) is 7.11 Å². The summed E-state index contributed by atoms with van der Waals surface area (Å²) >= 11 is 0. The summed E-state index contributed by atoms with van der Waals surface area (Å²) in [7, 11) is 1.61. The molecular weight excluding hydrogens is 364 g/mol. The van der Waals surface area contributed by atoms with Crippen LogP contribution in [0.25, 0.3) is 10.9 Å². The van der Waals surface area contributed by atoms with Gasteiger partial charge in [-0.2, -0.15) is 5.26 Å². The summed E-state index contributed by atoms with van der Waals surface area (Å²) in [4.78, 5) is 15.7. The fraction of sp³-hybridized carbons (Fsp3) is 0.217. The van der Waals surface area contributed by atoms with Crippen LogP contribution >= 0.6 is 0 Å². The number of carbonyl (C=O) groups excluding carboxylic acids is 1. The molecule has 6 nitrogen and oxygen atoms in total. The van der Waals surface area contributed by atoms with E-state index in [0.717, 1.165) is 23.3 Å². The molecule has 0 spiro atoms. The predicted octanol–water partition coefficient (Wildman–Crippen LogP) is 3.59. The lowest BCUT2D eigenvalue weighted by atomic mass is 10.1. The van der Waals surface area contributed by atoms with E-state index in [-0.39, 0.29) is 11.6 Å². The van der Waals surface area contributed by atoms with E-state index in [0.29, 0.717) is 6.54 Å². The van der Waals surface area contributed by atoms with E-state index < -0.39 is 5.91 Å². The van der Waals surface area contributed by atoms with Gasteiger partial charge in [0.15, 0.2) is 0 Å². The average molecular weight is 388 g/mol. The number of aromatic nitrogens is 1. The minimum atomic E-state index is -0.407. The first-order chi connectivity index (χ1) is 14.1. The Balaban J connectivity index is 1.54. The van der Waals surface area contributed by atoms with Crippen molar-refractivity contribution < 1.29 is 9.53 Å². The Kier molecular flexibility index (Phi) is 6.54. The number of aromatic amines is 1. The molecule has 0 aliphatic heterocycles. The minimum absolute atomic E-state index is 0.0456. The number of benzene rings is 2. The summed E-state index contributed by atoms with van der Waals surface area (Å²) in [6.07, 6.45) is 4.25. The zero-order valence-corrected chi connectivity index (χ0v) is 16.5. The highest BCUT2D eigenvalue weighted by Crippen LogP contribution is 2.18. The summed E-state index contributed by atoms with van der Waals surface area (Å²) in [6, 6.07) is 17.3. The number of methoxy groups -OCH3 is 1. The number of hydrogen-bond acceptors (Lipinski definition) is 4. The molecule has 1 unspecified atom stereocenters. The number of para-hydroxylation sites is 1. The Morgan fingerprint density at radius 3 is 2.72 bits per heavy atom. The van der Waals surface area contributed by atoms with Gasteiger partial charge in [-0.15, -0.1) is 0 Å². The van der Waals surface area contributed by atoms with E-state index in [2.05, 4.69) is 21.7 Å². The summed E-state index contributed by atoms with van der Waals surface area (Å²) in [5.41, 5.74) is 3.27. The number of amides is 1. The van der Waals surface area contributed by atoms with Crippen LogP contribution in [-0.4, -0.2) is 24.5 Å². The number of nitrogens with one attached hydrogen (secondary N) is 3. The van der Waals surface area contributed by atoms with Crippen molar-refractivity contribution in [2.24, 2.45) is 0 Å². The van der Waals surface area contributed by atoms with E-state index in [1.807, 2.05) is 61.7 Å². The molecule has 2 aromatic carbocycles. The molecule has 1 heterocycles. The molecule has 1 atom stereocenters. The van der Waals surface area contributed by atoms with Crippen LogP contribution in [0.2, 0.25) is 0 Å². The molecule has 148 valence electrons. The molecule has 0 aliphatic rings. The quantitative estimate of drug-likeness (QED) is 0.312. The van der Waals surface area contributed by atoms with Crippen LogP contribution in [0.15, 0.2) is 66.5 Å². The number of nitriles is 1. The fourth-order valence-corrected chi connectivity index (χ4v) is 3.12. The Morgan fingerprint density at radius 1 is 1.24 bits per heavy atom. The van der Waals surface area contributed by atoms with Crippen molar-refractivity contribution in [1.82, 2.24) is 15.6 Å². The maximum atomic E-state index is 12.4. The van der Waals surface area contributed by atoms with Crippen LogP contribution in [0.1, 0.15) is 24.1 Å². The largest absolute Gasteiger partial charge is 0.497 e. The monoisotopic (exact) mass is 388 g/mol. The van der Waals surface area contributed by atoms with Gasteiger partial charge in [-0.25, -0.2) is 0 Å². The van der Waals surface area contributed by atoms with Crippen molar-refractivity contribution in [1.29, 1.82) is 5.26 Å². The number of nitrogens with zero attached hydrogens (tertiary/aromatic N) is 1. The fourth-order valence-electron chi connectivity index (χ4n) is 3.12. The Morgan fingerprint density at radius 2 is 2.00 bits per heavy atom. The van der Waals surface area contributed by atoms with E-state index in [1.165, 1.54) is 17.1 Å². The van der Waals surface area contributed by atoms with Gasteiger partial charge in [-0.1, -0.05) is 30.3 Å². The second-order valence-corrected chi connectivity index (χ2v) is 6.70. The summed E-state index contributed by atoms with van der Waals surface area (Å²) in [5.74, 6) is 0.347. The lowest BCUT2D eigenvalue weighted by Gasteiger charge is -2.14. The van der Waals surface area contributed by atoms with Crippen LogP contribution in [0.5, 0.6) is 5.75 Å². The zero-order valence-electron chi connectivity index (χ0n) is 16.5. The second kappa shape index (κ2) is 9.47. The molecule has 0 aliphatic carbocycles. The van der Waals surface area contributed by atoms with Crippen molar-refractivity contribution in [3.63, 3.8) is 0 Å². The van der Waals surface area contributed by atoms with Gasteiger partial charge in [0.1, 0.15) is 17.4 Å². The standard InChI is InChI=1S/C23H24N4O2/c1-16(17-7-9-20(29-2)10-8-17)27-23(28)19(13-24)14-25-12-11-18-15-26-22-6-4-3-5-21(18)22/h3-10,14-16,25-26H,11-12H2,1-2H3,(H,27,28)/b19-14-. The van der Waals surface area contributed by atoms with Gasteiger partial charge in [-0.3, -0.25) is 4.79 Å². The highest BCUT2D eigenvalue weighted by Gasteiger charge is 2.14. The molecule has 0 saturated carbocycles. The zero-order chi connectivity index (χ0) is 20.6. The third-order valence-electron chi connectivity index (χ3n) is 4.79. The van der Waals surface area contributed by atoms with Crippen molar-refractivity contribution in [2.75, 3.05) is 13.7 Å². The van der Waals surface area contributed by atoms with Gasteiger partial charge in [0.25, 0.3) is 5.91 Å². The molecule has 0 saturated heterocycles. The molecule has 3 aromatic rings. The number of hydrogen-bond donors (Lipinski definition) is 3. The first kappa shape index (κ1) is 20.0. The number of rotatable bonds is 8. The average Bonchev–Trinajstić information content (AvgIpc) is 3.17. The van der Waals surface area contributed by atoms with Crippen LogP contribution in [0.3, 0.4) is 0 Å². The third-order valence-corrected chi connectivity index (χ3v) is 4.79. The van der Waals surface area contributed by atoms with Gasteiger partial charge < -0.3 is 20.4 Å². The van der Waals surface area contributed by atoms with E-state index in [9.17, 15) is 10.1 Å². The van der Waals surface area contributed by atoms with Gasteiger partial charge in [0, 0.05) is 29.8 Å². The molecule has 0 bridgehead atoms. The highest BCUT2D eigenvalue weighted by molar-refractivity contribution is 5.97.